The van der Waals surface area contributed by atoms with Crippen molar-refractivity contribution in [3.8, 4) is 5.75 Å². The lowest BCUT2D eigenvalue weighted by atomic mass is 10.2. The number of halogens is 2. The van der Waals surface area contributed by atoms with Crippen LogP contribution in [0.3, 0.4) is 0 Å². The molecule has 0 spiro atoms. The summed E-state index contributed by atoms with van der Waals surface area (Å²) in [6.45, 7) is 0. The van der Waals surface area contributed by atoms with Gasteiger partial charge in [-0.25, -0.2) is 4.79 Å². The van der Waals surface area contributed by atoms with Crippen LogP contribution >= 0.6 is 23.2 Å². The van der Waals surface area contributed by atoms with Crippen LogP contribution in [0.15, 0.2) is 18.2 Å². The quantitative estimate of drug-likeness (QED) is 0.904. The topological polar surface area (TPSA) is 46.5 Å². The van der Waals surface area contributed by atoms with E-state index in [0.29, 0.717) is 15.8 Å². The van der Waals surface area contributed by atoms with Crippen molar-refractivity contribution >= 4 is 29.2 Å². The zero-order chi connectivity index (χ0) is 11.7. The molecule has 0 aromatic heterocycles. The van der Waals surface area contributed by atoms with Crippen LogP contribution in [-0.4, -0.2) is 17.2 Å². The summed E-state index contributed by atoms with van der Waals surface area (Å²) in [6.07, 6.45) is 0.991. The maximum absolute atomic E-state index is 11.0. The fraction of sp³-hybridized carbons (Fsp3) is 0.364. The molecule has 1 unspecified atom stereocenters. The standard InChI is InChI=1S/C11H10Cl2O3/c12-7-3-8(13)5-9(4-7)16-10(11(14)15)6-1-2-6/h3-6,10H,1-2H2,(H,14,15). The molecule has 0 heterocycles. The third kappa shape index (κ3) is 2.80. The van der Waals surface area contributed by atoms with Crippen molar-refractivity contribution in [2.75, 3.05) is 0 Å². The molecule has 0 radical (unpaired) electrons. The average molecular weight is 261 g/mol. The first kappa shape index (κ1) is 11.6. The predicted molar refractivity (Wildman–Crippen MR) is 61.2 cm³/mol. The molecule has 0 bridgehead atoms. The number of hydrogen-bond donors (Lipinski definition) is 1. The maximum atomic E-state index is 11.0. The second-order valence-corrected chi connectivity index (χ2v) is 4.69. The Kier molecular flexibility index (Phi) is 3.26. The molecule has 1 aromatic rings. The number of carboxylic acid groups (broad SMARTS) is 1. The van der Waals surface area contributed by atoms with E-state index in [1.54, 1.807) is 18.2 Å². The molecule has 1 aliphatic rings. The van der Waals surface area contributed by atoms with E-state index >= 15 is 0 Å². The minimum atomic E-state index is -0.946. The van der Waals surface area contributed by atoms with Crippen LogP contribution in [0, 0.1) is 5.92 Å². The van der Waals surface area contributed by atoms with Gasteiger partial charge in [0.2, 0.25) is 0 Å². The summed E-state index contributed by atoms with van der Waals surface area (Å²) in [6, 6.07) is 4.69. The first-order valence-corrected chi connectivity index (χ1v) is 5.67. The SMILES string of the molecule is O=C(O)C(Oc1cc(Cl)cc(Cl)c1)C1CC1. The van der Waals surface area contributed by atoms with Crippen molar-refractivity contribution in [1.29, 1.82) is 0 Å². The minimum Gasteiger partial charge on any atom is -0.478 e. The maximum Gasteiger partial charge on any atom is 0.345 e. The second-order valence-electron chi connectivity index (χ2n) is 3.82. The van der Waals surface area contributed by atoms with Crippen LogP contribution in [-0.2, 0) is 4.79 Å². The van der Waals surface area contributed by atoms with Crippen molar-refractivity contribution in [2.24, 2.45) is 5.92 Å². The number of rotatable bonds is 4. The monoisotopic (exact) mass is 260 g/mol. The normalized spacial score (nSPS) is 16.9. The Morgan fingerprint density at radius 1 is 1.31 bits per heavy atom. The number of hydrogen-bond acceptors (Lipinski definition) is 2. The van der Waals surface area contributed by atoms with E-state index < -0.39 is 12.1 Å². The molecule has 1 N–H and O–H groups in total. The van der Waals surface area contributed by atoms with Gasteiger partial charge < -0.3 is 9.84 Å². The molecule has 1 aliphatic carbocycles. The van der Waals surface area contributed by atoms with E-state index in [4.69, 9.17) is 33.0 Å². The van der Waals surface area contributed by atoms with Gasteiger partial charge in [-0.15, -0.1) is 0 Å². The lowest BCUT2D eigenvalue weighted by Crippen LogP contribution is -2.29. The van der Waals surface area contributed by atoms with Crippen molar-refractivity contribution in [2.45, 2.75) is 18.9 Å². The zero-order valence-corrected chi connectivity index (χ0v) is 9.83. The molecule has 16 heavy (non-hydrogen) atoms. The van der Waals surface area contributed by atoms with Gasteiger partial charge in [0.15, 0.2) is 6.10 Å². The number of aliphatic carboxylic acids is 1. The van der Waals surface area contributed by atoms with Gasteiger partial charge in [-0.1, -0.05) is 23.2 Å². The Morgan fingerprint density at radius 2 is 1.88 bits per heavy atom. The largest absolute Gasteiger partial charge is 0.478 e. The fourth-order valence-corrected chi connectivity index (χ4v) is 2.00. The van der Waals surface area contributed by atoms with Crippen molar-refractivity contribution in [3.05, 3.63) is 28.2 Å². The third-order valence-electron chi connectivity index (χ3n) is 2.39. The van der Waals surface area contributed by atoms with E-state index in [-0.39, 0.29) is 5.92 Å². The molecule has 2 rings (SSSR count). The molecule has 1 aromatic carbocycles. The molecule has 0 aliphatic heterocycles. The van der Waals surface area contributed by atoms with E-state index in [0.717, 1.165) is 12.8 Å². The molecular weight excluding hydrogens is 251 g/mol. The molecule has 1 saturated carbocycles. The summed E-state index contributed by atoms with van der Waals surface area (Å²) in [5.74, 6) is -0.439. The smallest absolute Gasteiger partial charge is 0.345 e. The highest BCUT2D eigenvalue weighted by Gasteiger charge is 2.38. The molecule has 0 saturated heterocycles. The van der Waals surface area contributed by atoms with Crippen LogP contribution in [0.4, 0.5) is 0 Å². The summed E-state index contributed by atoms with van der Waals surface area (Å²) in [4.78, 5) is 11.0. The summed E-state index contributed by atoms with van der Waals surface area (Å²) < 4.78 is 5.39. The van der Waals surface area contributed by atoms with Gasteiger partial charge in [0.1, 0.15) is 5.75 Å². The molecule has 1 fully saturated rings. The van der Waals surface area contributed by atoms with Crippen molar-refractivity contribution < 1.29 is 14.6 Å². The summed E-state index contributed by atoms with van der Waals surface area (Å²) in [5, 5.41) is 9.86. The first-order valence-electron chi connectivity index (χ1n) is 4.92. The number of carboxylic acids is 1. The summed E-state index contributed by atoms with van der Waals surface area (Å²) in [5.41, 5.74) is 0. The van der Waals surface area contributed by atoms with Crippen LogP contribution in [0.1, 0.15) is 12.8 Å². The molecule has 0 amide bonds. The highest BCUT2D eigenvalue weighted by atomic mass is 35.5. The summed E-state index contributed by atoms with van der Waals surface area (Å²) in [7, 11) is 0. The van der Waals surface area contributed by atoms with Crippen LogP contribution in [0.25, 0.3) is 0 Å². The van der Waals surface area contributed by atoms with Crippen molar-refractivity contribution in [3.63, 3.8) is 0 Å². The lowest BCUT2D eigenvalue weighted by molar-refractivity contribution is -0.146. The van der Waals surface area contributed by atoms with E-state index in [1.807, 2.05) is 0 Å². The van der Waals surface area contributed by atoms with Crippen LogP contribution in [0.2, 0.25) is 10.0 Å². The van der Waals surface area contributed by atoms with Gasteiger partial charge >= 0.3 is 5.97 Å². The molecule has 5 heteroatoms. The van der Waals surface area contributed by atoms with Gasteiger partial charge in [-0.2, -0.15) is 0 Å². The minimum absolute atomic E-state index is 0.107. The third-order valence-corrected chi connectivity index (χ3v) is 2.83. The average Bonchev–Trinajstić information content (AvgIpc) is 2.95. The highest BCUT2D eigenvalue weighted by Crippen LogP contribution is 2.36. The summed E-state index contributed by atoms with van der Waals surface area (Å²) >= 11 is 11.6. The molecule has 86 valence electrons. The zero-order valence-electron chi connectivity index (χ0n) is 8.32. The number of carbonyl (C=O) groups is 1. The second kappa shape index (κ2) is 4.52. The Hall–Kier alpha value is -0.930. The predicted octanol–water partition coefficient (Wildman–Crippen LogP) is 3.24. The first-order chi connectivity index (χ1) is 7.56. The molecule has 1 atom stereocenters. The molecule has 3 nitrogen and oxygen atoms in total. The van der Waals surface area contributed by atoms with Crippen LogP contribution < -0.4 is 4.74 Å². The van der Waals surface area contributed by atoms with Gasteiger partial charge in [0, 0.05) is 16.0 Å². The van der Waals surface area contributed by atoms with E-state index in [2.05, 4.69) is 0 Å². The van der Waals surface area contributed by atoms with Crippen LogP contribution in [0.5, 0.6) is 5.75 Å². The van der Waals surface area contributed by atoms with Crippen molar-refractivity contribution in [1.82, 2.24) is 0 Å². The Morgan fingerprint density at radius 3 is 2.31 bits per heavy atom. The van der Waals surface area contributed by atoms with E-state index in [9.17, 15) is 4.79 Å². The van der Waals surface area contributed by atoms with Gasteiger partial charge in [0.05, 0.1) is 0 Å². The van der Waals surface area contributed by atoms with Gasteiger partial charge in [0.25, 0.3) is 0 Å². The Balaban J connectivity index is 2.14. The molecular formula is C11H10Cl2O3. The van der Waals surface area contributed by atoms with E-state index in [1.165, 1.54) is 0 Å². The van der Waals surface area contributed by atoms with Gasteiger partial charge in [-0.3, -0.25) is 0 Å². The lowest BCUT2D eigenvalue weighted by Gasteiger charge is -2.14. The van der Waals surface area contributed by atoms with Gasteiger partial charge in [-0.05, 0) is 31.0 Å². The highest BCUT2D eigenvalue weighted by molar-refractivity contribution is 6.34. The Labute approximate surface area is 103 Å². The number of benzene rings is 1. The Bertz CT molecular complexity index is 395. The number of ether oxygens (including phenoxy) is 1. The fourth-order valence-electron chi connectivity index (χ4n) is 1.49.